The summed E-state index contributed by atoms with van der Waals surface area (Å²) in [5.74, 6) is -0.125. The van der Waals surface area contributed by atoms with Crippen LogP contribution in [0.5, 0.6) is 5.75 Å². The monoisotopic (exact) mass is 440 g/mol. The maximum Gasteiger partial charge on any atom is 0.290 e. The van der Waals surface area contributed by atoms with Crippen LogP contribution in [0.2, 0.25) is 0 Å². The quantitative estimate of drug-likeness (QED) is 0.586. The van der Waals surface area contributed by atoms with Gasteiger partial charge in [-0.3, -0.25) is 14.9 Å². The number of rotatable bonds is 6. The molecule has 2 aromatic carbocycles. The van der Waals surface area contributed by atoms with Crippen LogP contribution in [0.25, 0.3) is 17.0 Å². The Kier molecular flexibility index (Phi) is 5.56. The van der Waals surface area contributed by atoms with Gasteiger partial charge in [0.25, 0.3) is 11.1 Å². The predicted octanol–water partition coefficient (Wildman–Crippen LogP) is 3.41. The maximum absolute atomic E-state index is 12.6. The summed E-state index contributed by atoms with van der Waals surface area (Å²) >= 11 is 0.845. The number of benzene rings is 2. The van der Waals surface area contributed by atoms with Gasteiger partial charge in [0.05, 0.1) is 16.2 Å². The number of sulfone groups is 1. The molecule has 7 nitrogen and oxygen atoms in total. The molecule has 0 spiro atoms. The molecular formula is C21H16N2O5S2. The van der Waals surface area contributed by atoms with Gasteiger partial charge in [-0.1, -0.05) is 30.3 Å². The smallest absolute Gasteiger partial charge is 0.290 e. The molecule has 1 aliphatic rings. The Morgan fingerprint density at radius 2 is 1.77 bits per heavy atom. The highest BCUT2D eigenvalue weighted by molar-refractivity contribution is 8.18. The fraction of sp³-hybridized carbons (Fsp3) is 0.0952. The number of hydrogen-bond acceptors (Lipinski definition) is 7. The van der Waals surface area contributed by atoms with Crippen LogP contribution in [0.4, 0.5) is 4.79 Å². The lowest BCUT2D eigenvalue weighted by molar-refractivity contribution is -0.115. The number of hydrogen-bond donors (Lipinski definition) is 1. The second-order valence-corrected chi connectivity index (χ2v) is 9.50. The van der Waals surface area contributed by atoms with E-state index >= 15 is 0 Å². The van der Waals surface area contributed by atoms with Crippen molar-refractivity contribution in [2.45, 2.75) is 5.03 Å². The molecule has 1 fully saturated rings. The van der Waals surface area contributed by atoms with E-state index in [1.165, 1.54) is 6.07 Å². The first-order chi connectivity index (χ1) is 14.4. The van der Waals surface area contributed by atoms with Crippen LogP contribution in [-0.2, 0) is 14.6 Å². The largest absolute Gasteiger partial charge is 0.493 e. The lowest BCUT2D eigenvalue weighted by Crippen LogP contribution is -2.17. The van der Waals surface area contributed by atoms with Crippen LogP contribution in [0.1, 0.15) is 5.56 Å². The number of pyridine rings is 1. The van der Waals surface area contributed by atoms with Gasteiger partial charge in [0.2, 0.25) is 0 Å². The number of carbonyl (C=O) groups is 2. The van der Waals surface area contributed by atoms with E-state index in [1.54, 1.807) is 42.5 Å². The van der Waals surface area contributed by atoms with Gasteiger partial charge in [-0.05, 0) is 53.7 Å². The summed E-state index contributed by atoms with van der Waals surface area (Å²) in [4.78, 5) is 27.3. The minimum Gasteiger partial charge on any atom is -0.493 e. The van der Waals surface area contributed by atoms with E-state index in [0.717, 1.165) is 22.7 Å². The van der Waals surface area contributed by atoms with Gasteiger partial charge in [0.15, 0.2) is 14.9 Å². The van der Waals surface area contributed by atoms with Crippen LogP contribution in [0.15, 0.2) is 70.6 Å². The van der Waals surface area contributed by atoms with Crippen LogP contribution in [-0.4, -0.2) is 36.9 Å². The van der Waals surface area contributed by atoms with Gasteiger partial charge in [0, 0.05) is 5.39 Å². The van der Waals surface area contributed by atoms with Crippen molar-refractivity contribution in [3.8, 4) is 5.75 Å². The molecule has 2 amide bonds. The van der Waals surface area contributed by atoms with Crippen molar-refractivity contribution < 1.29 is 22.7 Å². The number of nitrogens with one attached hydrogen (secondary N) is 1. The number of nitrogens with zero attached hydrogens (tertiary/aromatic N) is 1. The Balaban J connectivity index is 1.38. The van der Waals surface area contributed by atoms with Gasteiger partial charge in [-0.2, -0.15) is 0 Å². The highest BCUT2D eigenvalue weighted by atomic mass is 32.2. The molecule has 1 aliphatic heterocycles. The number of fused-ring (bicyclic) bond motifs is 1. The first kappa shape index (κ1) is 20.1. The van der Waals surface area contributed by atoms with E-state index < -0.39 is 21.0 Å². The summed E-state index contributed by atoms with van der Waals surface area (Å²) in [6, 6.07) is 17.3. The Bertz CT molecular complexity index is 1270. The lowest BCUT2D eigenvalue weighted by atomic mass is 10.2. The highest BCUT2D eigenvalue weighted by Crippen LogP contribution is 2.26. The van der Waals surface area contributed by atoms with Crippen LogP contribution in [0, 0.1) is 0 Å². The zero-order valence-electron chi connectivity index (χ0n) is 15.6. The molecule has 30 heavy (non-hydrogen) atoms. The lowest BCUT2D eigenvalue weighted by Gasteiger charge is -2.08. The zero-order valence-corrected chi connectivity index (χ0v) is 17.2. The van der Waals surface area contributed by atoms with Crippen LogP contribution >= 0.6 is 11.8 Å². The van der Waals surface area contributed by atoms with Crippen LogP contribution < -0.4 is 10.1 Å². The van der Waals surface area contributed by atoms with Gasteiger partial charge in [-0.25, -0.2) is 13.4 Å². The maximum atomic E-state index is 12.6. The third-order valence-electron chi connectivity index (χ3n) is 4.33. The number of ether oxygens (including phenoxy) is 1. The fourth-order valence-electron chi connectivity index (χ4n) is 2.83. The third kappa shape index (κ3) is 4.52. The number of imide groups is 1. The van der Waals surface area contributed by atoms with Crippen molar-refractivity contribution >= 4 is 49.7 Å². The molecule has 4 rings (SSSR count). The second kappa shape index (κ2) is 8.29. The SMILES string of the molecule is O=C1NC(=O)C(=Cc2ccc(OCCS(=O)(=O)c3ccc4ccccc4n3)cc2)S1. The molecule has 0 aliphatic carbocycles. The summed E-state index contributed by atoms with van der Waals surface area (Å²) in [6.07, 6.45) is 1.60. The Labute approximate surface area is 177 Å². The molecule has 2 heterocycles. The van der Waals surface area contributed by atoms with Gasteiger partial charge >= 0.3 is 0 Å². The van der Waals surface area contributed by atoms with Crippen molar-refractivity contribution in [2.75, 3.05) is 12.4 Å². The fourth-order valence-corrected chi connectivity index (χ4v) is 4.53. The molecule has 1 saturated heterocycles. The first-order valence-corrected chi connectivity index (χ1v) is 11.4. The van der Waals surface area contributed by atoms with Gasteiger partial charge in [-0.15, -0.1) is 0 Å². The molecular weight excluding hydrogens is 424 g/mol. The number of carbonyl (C=O) groups excluding carboxylic acids is 2. The molecule has 1 aromatic heterocycles. The Hall–Kier alpha value is -3.17. The molecule has 152 valence electrons. The molecule has 0 bridgehead atoms. The highest BCUT2D eigenvalue weighted by Gasteiger charge is 2.24. The van der Waals surface area contributed by atoms with E-state index in [2.05, 4.69) is 10.3 Å². The van der Waals surface area contributed by atoms with E-state index in [0.29, 0.717) is 16.2 Å². The number of thioether (sulfide) groups is 1. The number of aromatic nitrogens is 1. The van der Waals surface area contributed by atoms with Gasteiger partial charge < -0.3 is 4.74 Å². The Morgan fingerprint density at radius 3 is 2.50 bits per heavy atom. The molecule has 3 aromatic rings. The van der Waals surface area contributed by atoms with E-state index in [9.17, 15) is 18.0 Å². The van der Waals surface area contributed by atoms with Crippen molar-refractivity contribution in [2.24, 2.45) is 0 Å². The zero-order chi connectivity index (χ0) is 21.1. The van der Waals surface area contributed by atoms with Gasteiger partial charge in [0.1, 0.15) is 12.4 Å². The van der Waals surface area contributed by atoms with Crippen molar-refractivity contribution in [1.82, 2.24) is 10.3 Å². The average molecular weight is 441 g/mol. The summed E-state index contributed by atoms with van der Waals surface area (Å²) in [7, 11) is -3.58. The second-order valence-electron chi connectivity index (χ2n) is 6.43. The topological polar surface area (TPSA) is 102 Å². The van der Waals surface area contributed by atoms with E-state index in [-0.39, 0.29) is 17.4 Å². The minimum atomic E-state index is -3.58. The first-order valence-electron chi connectivity index (χ1n) is 8.97. The molecule has 0 saturated carbocycles. The molecule has 0 atom stereocenters. The number of para-hydroxylation sites is 1. The van der Waals surface area contributed by atoms with Crippen molar-refractivity contribution in [3.63, 3.8) is 0 Å². The molecule has 0 unspecified atom stereocenters. The summed E-state index contributed by atoms with van der Waals surface area (Å²) in [5, 5.41) is 2.70. The third-order valence-corrected chi connectivity index (χ3v) is 6.71. The van der Waals surface area contributed by atoms with Crippen molar-refractivity contribution in [3.05, 3.63) is 71.1 Å². The summed E-state index contributed by atoms with van der Waals surface area (Å²) in [5.41, 5.74) is 1.35. The summed E-state index contributed by atoms with van der Waals surface area (Å²) in [6.45, 7) is -0.0238. The Morgan fingerprint density at radius 1 is 1.00 bits per heavy atom. The normalized spacial score (nSPS) is 15.5. The number of amides is 2. The van der Waals surface area contributed by atoms with E-state index in [4.69, 9.17) is 4.74 Å². The average Bonchev–Trinajstić information content (AvgIpc) is 3.05. The predicted molar refractivity (Wildman–Crippen MR) is 115 cm³/mol. The molecule has 0 radical (unpaired) electrons. The standard InChI is InChI=1S/C21H16N2O5S2/c24-20-18(29-21(25)23-20)13-14-5-8-16(9-6-14)28-11-12-30(26,27)19-10-7-15-3-1-2-4-17(15)22-19/h1-10,13H,11-12H2,(H,23,24,25). The van der Waals surface area contributed by atoms with E-state index in [1.807, 2.05) is 18.2 Å². The minimum absolute atomic E-state index is 0.0219. The molecule has 9 heteroatoms. The van der Waals surface area contributed by atoms with Crippen LogP contribution in [0.3, 0.4) is 0 Å². The van der Waals surface area contributed by atoms with Crippen molar-refractivity contribution in [1.29, 1.82) is 0 Å². The molecule has 1 N–H and O–H groups in total. The summed E-state index contributed by atoms with van der Waals surface area (Å²) < 4.78 is 30.7.